The van der Waals surface area contributed by atoms with Crippen molar-refractivity contribution in [2.24, 2.45) is 5.92 Å². The summed E-state index contributed by atoms with van der Waals surface area (Å²) in [6, 6.07) is 7.67. The van der Waals surface area contributed by atoms with Gasteiger partial charge in [0.05, 0.1) is 13.7 Å². The first-order valence-electron chi connectivity index (χ1n) is 7.77. The first-order chi connectivity index (χ1) is 11.3. The molecule has 3 rings (SSSR count). The van der Waals surface area contributed by atoms with E-state index in [0.717, 1.165) is 31.0 Å². The molecule has 0 radical (unpaired) electrons. The third kappa shape index (κ3) is 3.90. The summed E-state index contributed by atoms with van der Waals surface area (Å²) in [5.74, 6) is 1.97. The Hall–Kier alpha value is -2.34. The van der Waals surface area contributed by atoms with Crippen LogP contribution in [0.2, 0.25) is 0 Å². The minimum atomic E-state index is -0.110. The third-order valence-corrected chi connectivity index (χ3v) is 4.07. The van der Waals surface area contributed by atoms with Crippen molar-refractivity contribution in [2.75, 3.05) is 26.8 Å². The van der Waals surface area contributed by atoms with Gasteiger partial charge in [-0.25, -0.2) is 0 Å². The second-order valence-corrected chi connectivity index (χ2v) is 5.72. The fourth-order valence-electron chi connectivity index (χ4n) is 2.84. The molecule has 1 saturated heterocycles. The number of benzene rings is 1. The molecule has 1 fully saturated rings. The summed E-state index contributed by atoms with van der Waals surface area (Å²) in [7, 11) is 1.64. The van der Waals surface area contributed by atoms with Crippen molar-refractivity contribution in [3.63, 3.8) is 0 Å². The van der Waals surface area contributed by atoms with E-state index in [1.165, 1.54) is 0 Å². The lowest BCUT2D eigenvalue weighted by atomic mass is 10.1. The van der Waals surface area contributed by atoms with E-state index in [9.17, 15) is 4.79 Å². The number of hydrogen-bond acceptors (Lipinski definition) is 5. The maximum atomic E-state index is 11.7. The standard InChI is InChI=1S/C17H21N3O3/c1-22-15-4-2-3-5-16(15)23-12-13-6-9-20(10-13)11-14-17(21)19-8-7-18-14/h2-5,7-8,13H,6,9-12H2,1H3,(H,19,21). The molecule has 2 aromatic rings. The van der Waals surface area contributed by atoms with Gasteiger partial charge >= 0.3 is 0 Å². The van der Waals surface area contributed by atoms with Gasteiger partial charge in [0.1, 0.15) is 5.69 Å². The number of aromatic amines is 1. The summed E-state index contributed by atoms with van der Waals surface area (Å²) in [6.07, 6.45) is 4.23. The van der Waals surface area contributed by atoms with Gasteiger partial charge in [-0.2, -0.15) is 0 Å². The third-order valence-electron chi connectivity index (χ3n) is 4.07. The van der Waals surface area contributed by atoms with Gasteiger partial charge in [-0.05, 0) is 25.1 Å². The van der Waals surface area contributed by atoms with Crippen LogP contribution in [0.25, 0.3) is 0 Å². The normalized spacial score (nSPS) is 18.0. The van der Waals surface area contributed by atoms with Crippen molar-refractivity contribution in [1.82, 2.24) is 14.9 Å². The van der Waals surface area contributed by atoms with Crippen LogP contribution < -0.4 is 15.0 Å². The number of rotatable bonds is 6. The molecule has 0 amide bonds. The van der Waals surface area contributed by atoms with E-state index in [4.69, 9.17) is 9.47 Å². The van der Waals surface area contributed by atoms with Crippen LogP contribution in [0, 0.1) is 5.92 Å². The lowest BCUT2D eigenvalue weighted by molar-refractivity contribution is 0.229. The van der Waals surface area contributed by atoms with Crippen LogP contribution in [0.1, 0.15) is 12.1 Å². The van der Waals surface area contributed by atoms with Gasteiger partial charge in [0, 0.05) is 31.4 Å². The van der Waals surface area contributed by atoms with Gasteiger partial charge in [-0.3, -0.25) is 14.7 Å². The summed E-state index contributed by atoms with van der Waals surface area (Å²) in [5.41, 5.74) is 0.458. The van der Waals surface area contributed by atoms with Crippen LogP contribution >= 0.6 is 0 Å². The average molecular weight is 315 g/mol. The molecule has 0 aliphatic carbocycles. The minimum absolute atomic E-state index is 0.110. The number of nitrogens with one attached hydrogen (secondary N) is 1. The number of aromatic nitrogens is 2. The molecular weight excluding hydrogens is 294 g/mol. The zero-order valence-corrected chi connectivity index (χ0v) is 13.2. The number of H-pyrrole nitrogens is 1. The van der Waals surface area contributed by atoms with Crippen LogP contribution in [0.5, 0.6) is 11.5 Å². The molecule has 6 heteroatoms. The molecule has 23 heavy (non-hydrogen) atoms. The number of hydrogen-bond donors (Lipinski definition) is 1. The Bertz CT molecular complexity index is 701. The second-order valence-electron chi connectivity index (χ2n) is 5.72. The Kier molecular flexibility index (Phi) is 4.92. The monoisotopic (exact) mass is 315 g/mol. The number of methoxy groups -OCH3 is 1. The quantitative estimate of drug-likeness (QED) is 0.878. The van der Waals surface area contributed by atoms with Crippen LogP contribution in [0.3, 0.4) is 0 Å². The summed E-state index contributed by atoms with van der Waals surface area (Å²) in [4.78, 5) is 20.7. The summed E-state index contributed by atoms with van der Waals surface area (Å²) in [6.45, 7) is 3.10. The van der Waals surface area contributed by atoms with Gasteiger partial charge in [-0.1, -0.05) is 12.1 Å². The van der Waals surface area contributed by atoms with Crippen LogP contribution in [-0.2, 0) is 6.54 Å². The predicted octanol–water partition coefficient (Wildman–Crippen LogP) is 1.68. The van der Waals surface area contributed by atoms with Crippen molar-refractivity contribution >= 4 is 0 Å². The summed E-state index contributed by atoms with van der Waals surface area (Å²) < 4.78 is 11.2. The van der Waals surface area contributed by atoms with Gasteiger partial charge in [0.25, 0.3) is 5.56 Å². The Morgan fingerprint density at radius 2 is 2.17 bits per heavy atom. The predicted molar refractivity (Wildman–Crippen MR) is 86.7 cm³/mol. The number of para-hydroxylation sites is 2. The molecule has 2 heterocycles. The number of nitrogens with zero attached hydrogens (tertiary/aromatic N) is 2. The van der Waals surface area contributed by atoms with E-state index < -0.39 is 0 Å². The van der Waals surface area contributed by atoms with E-state index in [1.807, 2.05) is 24.3 Å². The average Bonchev–Trinajstić information content (AvgIpc) is 3.03. The van der Waals surface area contributed by atoms with E-state index in [1.54, 1.807) is 19.5 Å². The lowest BCUT2D eigenvalue weighted by Gasteiger charge is -2.16. The molecule has 1 N–H and O–H groups in total. The van der Waals surface area contributed by atoms with E-state index in [0.29, 0.717) is 24.8 Å². The zero-order valence-electron chi connectivity index (χ0n) is 13.2. The number of ether oxygens (including phenoxy) is 2. The van der Waals surface area contributed by atoms with Crippen molar-refractivity contribution in [1.29, 1.82) is 0 Å². The highest BCUT2D eigenvalue weighted by atomic mass is 16.5. The molecule has 1 aliphatic rings. The van der Waals surface area contributed by atoms with Crippen molar-refractivity contribution in [3.8, 4) is 11.5 Å². The maximum Gasteiger partial charge on any atom is 0.270 e. The molecule has 0 spiro atoms. The Morgan fingerprint density at radius 1 is 1.35 bits per heavy atom. The zero-order chi connectivity index (χ0) is 16.1. The van der Waals surface area contributed by atoms with Gasteiger partial charge in [-0.15, -0.1) is 0 Å². The molecule has 1 aromatic heterocycles. The Labute approximate surface area is 135 Å². The van der Waals surface area contributed by atoms with Crippen LogP contribution in [0.4, 0.5) is 0 Å². The molecule has 122 valence electrons. The minimum Gasteiger partial charge on any atom is -0.493 e. The van der Waals surface area contributed by atoms with Gasteiger partial charge < -0.3 is 14.5 Å². The highest BCUT2D eigenvalue weighted by molar-refractivity contribution is 5.39. The highest BCUT2D eigenvalue weighted by Gasteiger charge is 2.24. The molecule has 1 aliphatic heterocycles. The Morgan fingerprint density at radius 3 is 2.96 bits per heavy atom. The molecule has 1 aromatic carbocycles. The molecular formula is C17H21N3O3. The topological polar surface area (TPSA) is 67.5 Å². The number of likely N-dealkylation sites (tertiary alicyclic amines) is 1. The maximum absolute atomic E-state index is 11.7. The highest BCUT2D eigenvalue weighted by Crippen LogP contribution is 2.27. The molecule has 1 atom stereocenters. The second kappa shape index (κ2) is 7.28. The van der Waals surface area contributed by atoms with Crippen LogP contribution in [0.15, 0.2) is 41.5 Å². The molecule has 0 saturated carbocycles. The SMILES string of the molecule is COc1ccccc1OCC1CCN(Cc2ncc[nH]c2=O)C1. The van der Waals surface area contributed by atoms with E-state index >= 15 is 0 Å². The van der Waals surface area contributed by atoms with Crippen molar-refractivity contribution < 1.29 is 9.47 Å². The molecule has 1 unspecified atom stereocenters. The van der Waals surface area contributed by atoms with Crippen molar-refractivity contribution in [3.05, 3.63) is 52.7 Å². The smallest absolute Gasteiger partial charge is 0.270 e. The summed E-state index contributed by atoms with van der Waals surface area (Å²) >= 11 is 0. The Balaban J connectivity index is 1.52. The first kappa shape index (κ1) is 15.6. The lowest BCUT2D eigenvalue weighted by Crippen LogP contribution is -2.26. The molecule has 0 bridgehead atoms. The van der Waals surface area contributed by atoms with Crippen LogP contribution in [-0.4, -0.2) is 41.7 Å². The summed E-state index contributed by atoms with van der Waals surface area (Å²) in [5, 5.41) is 0. The van der Waals surface area contributed by atoms with Gasteiger partial charge in [0.15, 0.2) is 11.5 Å². The molecule has 6 nitrogen and oxygen atoms in total. The first-order valence-corrected chi connectivity index (χ1v) is 7.77. The largest absolute Gasteiger partial charge is 0.493 e. The van der Waals surface area contributed by atoms with E-state index in [-0.39, 0.29) is 5.56 Å². The van der Waals surface area contributed by atoms with Gasteiger partial charge in [0.2, 0.25) is 0 Å². The fourth-order valence-corrected chi connectivity index (χ4v) is 2.84. The fraction of sp³-hybridized carbons (Fsp3) is 0.412. The van der Waals surface area contributed by atoms with E-state index in [2.05, 4.69) is 14.9 Å². The van der Waals surface area contributed by atoms with Crippen molar-refractivity contribution in [2.45, 2.75) is 13.0 Å².